The molecule has 1 aliphatic heterocycles. The van der Waals surface area contributed by atoms with E-state index in [-0.39, 0.29) is 12.2 Å². The van der Waals surface area contributed by atoms with Gasteiger partial charge in [0, 0.05) is 0 Å². The van der Waals surface area contributed by atoms with E-state index in [2.05, 4.69) is 0 Å². The number of rotatable bonds is 6. The molecule has 14 heavy (non-hydrogen) atoms. The minimum Gasteiger partial charge on any atom is -0.376 e. The minimum atomic E-state index is 0.0998. The summed E-state index contributed by atoms with van der Waals surface area (Å²) in [6.07, 6.45) is 0.371. The van der Waals surface area contributed by atoms with Crippen LogP contribution in [0.4, 0.5) is 0 Å². The first kappa shape index (κ1) is 11.9. The third kappa shape index (κ3) is 5.54. The lowest BCUT2D eigenvalue weighted by molar-refractivity contribution is -0.119. The topological polar surface area (TPSA) is 36.9 Å². The first-order valence-electron chi connectivity index (χ1n) is 5.17. The van der Waals surface area contributed by atoms with Crippen molar-refractivity contribution in [1.82, 2.24) is 0 Å². The Labute approximate surface area is 85.5 Å². The molecule has 1 unspecified atom stereocenters. The number of hydrogen-bond donors (Lipinski definition) is 0. The van der Waals surface area contributed by atoms with E-state index in [0.29, 0.717) is 39.6 Å². The molecule has 4 nitrogen and oxygen atoms in total. The third-order valence-electron chi connectivity index (χ3n) is 1.87. The molecule has 1 heterocycles. The van der Waals surface area contributed by atoms with Gasteiger partial charge < -0.3 is 18.9 Å². The molecule has 0 aliphatic carbocycles. The van der Waals surface area contributed by atoms with E-state index in [1.807, 2.05) is 13.8 Å². The maximum Gasteiger partial charge on any atom is 0.104 e. The Hall–Kier alpha value is -0.160. The van der Waals surface area contributed by atoms with Crippen molar-refractivity contribution in [1.29, 1.82) is 0 Å². The highest BCUT2D eigenvalue weighted by Crippen LogP contribution is 2.00. The van der Waals surface area contributed by atoms with Crippen LogP contribution in [0.25, 0.3) is 0 Å². The zero-order valence-electron chi connectivity index (χ0n) is 9.03. The summed E-state index contributed by atoms with van der Waals surface area (Å²) in [6.45, 7) is 7.91. The molecule has 0 bridgehead atoms. The molecule has 1 fully saturated rings. The fourth-order valence-electron chi connectivity index (χ4n) is 1.19. The van der Waals surface area contributed by atoms with Gasteiger partial charge in [0.1, 0.15) is 6.10 Å². The lowest BCUT2D eigenvalue weighted by Gasteiger charge is -2.22. The molecule has 84 valence electrons. The third-order valence-corrected chi connectivity index (χ3v) is 1.87. The lowest BCUT2D eigenvalue weighted by Crippen LogP contribution is -2.32. The highest BCUT2D eigenvalue weighted by atomic mass is 16.6. The Kier molecular flexibility index (Phi) is 6.10. The van der Waals surface area contributed by atoms with E-state index in [9.17, 15) is 0 Å². The molecule has 0 aromatic heterocycles. The normalized spacial score (nSPS) is 22.9. The zero-order valence-corrected chi connectivity index (χ0v) is 9.03. The zero-order chi connectivity index (χ0) is 10.2. The van der Waals surface area contributed by atoms with E-state index in [1.54, 1.807) is 0 Å². The molecule has 0 aromatic carbocycles. The summed E-state index contributed by atoms with van der Waals surface area (Å²) in [5.74, 6) is 0. The fourth-order valence-corrected chi connectivity index (χ4v) is 1.19. The van der Waals surface area contributed by atoms with E-state index >= 15 is 0 Å². The number of hydrogen-bond acceptors (Lipinski definition) is 4. The Balaban J connectivity index is 1.87. The average Bonchev–Trinajstić information content (AvgIpc) is 2.18. The molecule has 0 N–H and O–H groups in total. The summed E-state index contributed by atoms with van der Waals surface area (Å²) >= 11 is 0. The molecule has 4 heteroatoms. The Bertz CT molecular complexity index is 132. The molecule has 1 atom stereocenters. The van der Waals surface area contributed by atoms with Crippen LogP contribution in [-0.4, -0.2) is 51.8 Å². The van der Waals surface area contributed by atoms with Crippen molar-refractivity contribution >= 4 is 0 Å². The van der Waals surface area contributed by atoms with Crippen LogP contribution >= 0.6 is 0 Å². The highest BCUT2D eigenvalue weighted by molar-refractivity contribution is 4.58. The molecule has 0 aromatic rings. The van der Waals surface area contributed by atoms with Gasteiger partial charge in [-0.15, -0.1) is 0 Å². The van der Waals surface area contributed by atoms with Gasteiger partial charge in [-0.1, -0.05) is 0 Å². The van der Waals surface area contributed by atoms with Crippen LogP contribution in [-0.2, 0) is 18.9 Å². The van der Waals surface area contributed by atoms with Gasteiger partial charge in [-0.05, 0) is 13.8 Å². The quantitative estimate of drug-likeness (QED) is 0.601. The van der Waals surface area contributed by atoms with Gasteiger partial charge in [-0.25, -0.2) is 0 Å². The monoisotopic (exact) mass is 204 g/mol. The van der Waals surface area contributed by atoms with Crippen LogP contribution in [0.2, 0.25) is 0 Å². The van der Waals surface area contributed by atoms with Gasteiger partial charge in [0.15, 0.2) is 0 Å². The summed E-state index contributed by atoms with van der Waals surface area (Å²) in [7, 11) is 0. The molecular weight excluding hydrogens is 184 g/mol. The lowest BCUT2D eigenvalue weighted by atomic mass is 10.4. The van der Waals surface area contributed by atoms with Gasteiger partial charge in [-0.2, -0.15) is 0 Å². The van der Waals surface area contributed by atoms with Crippen LogP contribution in [0, 0.1) is 0 Å². The van der Waals surface area contributed by atoms with E-state index in [4.69, 9.17) is 18.9 Å². The van der Waals surface area contributed by atoms with Crippen molar-refractivity contribution < 1.29 is 18.9 Å². The van der Waals surface area contributed by atoms with Crippen LogP contribution in [0.3, 0.4) is 0 Å². The van der Waals surface area contributed by atoms with Crippen LogP contribution in [0.15, 0.2) is 0 Å². The minimum absolute atomic E-state index is 0.0998. The maximum atomic E-state index is 5.41. The Morgan fingerprint density at radius 2 is 2.14 bits per heavy atom. The predicted molar refractivity (Wildman–Crippen MR) is 52.5 cm³/mol. The van der Waals surface area contributed by atoms with E-state index in [1.165, 1.54) is 0 Å². The largest absolute Gasteiger partial charge is 0.376 e. The summed E-state index contributed by atoms with van der Waals surface area (Å²) in [4.78, 5) is 0. The summed E-state index contributed by atoms with van der Waals surface area (Å²) in [6, 6.07) is 0. The van der Waals surface area contributed by atoms with Crippen LogP contribution in [0.1, 0.15) is 13.8 Å². The summed E-state index contributed by atoms with van der Waals surface area (Å²) in [5.41, 5.74) is 0. The van der Waals surface area contributed by atoms with E-state index < -0.39 is 0 Å². The SMILES string of the molecule is CC(C)OCCOCC1COCCO1. The van der Waals surface area contributed by atoms with Crippen molar-refractivity contribution in [2.45, 2.75) is 26.1 Å². The number of ether oxygens (including phenoxy) is 4. The molecule has 1 rings (SSSR count). The van der Waals surface area contributed by atoms with Crippen molar-refractivity contribution in [2.75, 3.05) is 39.6 Å². The van der Waals surface area contributed by atoms with E-state index in [0.717, 1.165) is 0 Å². The molecule has 1 aliphatic rings. The first-order chi connectivity index (χ1) is 6.79. The standard InChI is InChI=1S/C10H20O4/c1-9(2)13-5-3-11-7-10-8-12-4-6-14-10/h9-10H,3-8H2,1-2H3. The second-order valence-electron chi connectivity index (χ2n) is 3.56. The van der Waals surface area contributed by atoms with Crippen molar-refractivity contribution in [3.05, 3.63) is 0 Å². The van der Waals surface area contributed by atoms with Crippen molar-refractivity contribution in [2.24, 2.45) is 0 Å². The Morgan fingerprint density at radius 3 is 2.79 bits per heavy atom. The van der Waals surface area contributed by atoms with Crippen molar-refractivity contribution in [3.63, 3.8) is 0 Å². The summed E-state index contributed by atoms with van der Waals surface area (Å²) in [5, 5.41) is 0. The van der Waals surface area contributed by atoms with Crippen LogP contribution in [0.5, 0.6) is 0 Å². The van der Waals surface area contributed by atoms with Gasteiger partial charge in [0.2, 0.25) is 0 Å². The smallest absolute Gasteiger partial charge is 0.104 e. The van der Waals surface area contributed by atoms with Crippen molar-refractivity contribution in [3.8, 4) is 0 Å². The van der Waals surface area contributed by atoms with Gasteiger partial charge in [-0.3, -0.25) is 0 Å². The fraction of sp³-hybridized carbons (Fsp3) is 1.00. The van der Waals surface area contributed by atoms with Gasteiger partial charge in [0.05, 0.1) is 45.7 Å². The maximum absolute atomic E-state index is 5.41. The van der Waals surface area contributed by atoms with Gasteiger partial charge >= 0.3 is 0 Å². The highest BCUT2D eigenvalue weighted by Gasteiger charge is 2.13. The molecule has 1 saturated heterocycles. The molecular formula is C10H20O4. The second-order valence-corrected chi connectivity index (χ2v) is 3.56. The molecule has 0 saturated carbocycles. The Morgan fingerprint density at radius 1 is 1.29 bits per heavy atom. The summed E-state index contributed by atoms with van der Waals surface area (Å²) < 4.78 is 21.4. The second kappa shape index (κ2) is 7.17. The average molecular weight is 204 g/mol. The first-order valence-corrected chi connectivity index (χ1v) is 5.17. The molecule has 0 amide bonds. The molecule has 0 spiro atoms. The predicted octanol–water partition coefficient (Wildman–Crippen LogP) is 0.843. The molecule has 0 radical (unpaired) electrons. The van der Waals surface area contributed by atoms with Crippen LogP contribution < -0.4 is 0 Å². The van der Waals surface area contributed by atoms with Gasteiger partial charge in [0.25, 0.3) is 0 Å².